The molecule has 0 heterocycles. The van der Waals surface area contributed by atoms with Gasteiger partial charge in [0.2, 0.25) is 0 Å². The topological polar surface area (TPSA) is 0 Å². The summed E-state index contributed by atoms with van der Waals surface area (Å²) in [6.07, 6.45) is 0. The van der Waals surface area contributed by atoms with Crippen molar-refractivity contribution in [3.63, 3.8) is 0 Å². The average Bonchev–Trinajstić information content (AvgIpc) is 2.04. The summed E-state index contributed by atoms with van der Waals surface area (Å²) in [5.74, 6) is 0. The SMILES string of the molecule is Brc1ccc2ccccc2c1.[MgH2]. The number of rotatable bonds is 0. The van der Waals surface area contributed by atoms with Crippen molar-refractivity contribution in [1.82, 2.24) is 0 Å². The van der Waals surface area contributed by atoms with Crippen molar-refractivity contribution >= 4 is 49.8 Å². The van der Waals surface area contributed by atoms with E-state index in [4.69, 9.17) is 0 Å². The second-order valence-electron chi connectivity index (χ2n) is 2.49. The molecule has 0 N–H and O–H groups in total. The highest BCUT2D eigenvalue weighted by Crippen LogP contribution is 2.18. The van der Waals surface area contributed by atoms with E-state index in [-0.39, 0.29) is 23.1 Å². The van der Waals surface area contributed by atoms with Crippen molar-refractivity contribution in [2.75, 3.05) is 0 Å². The minimum atomic E-state index is 0. The summed E-state index contributed by atoms with van der Waals surface area (Å²) in [6, 6.07) is 14.6. The summed E-state index contributed by atoms with van der Waals surface area (Å²) in [5, 5.41) is 2.57. The van der Waals surface area contributed by atoms with E-state index in [2.05, 4.69) is 58.4 Å². The average molecular weight is 233 g/mol. The molecule has 0 spiro atoms. The molecule has 0 fully saturated rings. The van der Waals surface area contributed by atoms with Crippen LogP contribution in [0.5, 0.6) is 0 Å². The summed E-state index contributed by atoms with van der Waals surface area (Å²) < 4.78 is 1.14. The molecule has 2 rings (SSSR count). The molecule has 0 aliphatic heterocycles. The minimum absolute atomic E-state index is 0. The first-order valence-corrected chi connectivity index (χ1v) is 4.30. The number of benzene rings is 2. The molecule has 0 saturated heterocycles. The van der Waals surface area contributed by atoms with Crippen LogP contribution in [0.25, 0.3) is 10.8 Å². The third-order valence-corrected chi connectivity index (χ3v) is 2.20. The predicted molar refractivity (Wildman–Crippen MR) is 60.2 cm³/mol. The highest BCUT2D eigenvalue weighted by atomic mass is 79.9. The summed E-state index contributed by atoms with van der Waals surface area (Å²) in [6.45, 7) is 0. The maximum Gasteiger partial charge on any atom is 0.316 e. The van der Waals surface area contributed by atoms with Gasteiger partial charge in [-0.2, -0.15) is 0 Å². The fourth-order valence-corrected chi connectivity index (χ4v) is 1.54. The number of halogens is 1. The molecule has 0 aromatic heterocycles. The van der Waals surface area contributed by atoms with E-state index in [1.165, 1.54) is 10.8 Å². The predicted octanol–water partition coefficient (Wildman–Crippen LogP) is 2.69. The standard InChI is InChI=1S/C10H7Br.Mg.2H/c11-10-6-5-8-3-1-2-4-9(8)7-10;;;/h1-7H;;;. The highest BCUT2D eigenvalue weighted by molar-refractivity contribution is 9.10. The number of fused-ring (bicyclic) bond motifs is 1. The lowest BCUT2D eigenvalue weighted by Gasteiger charge is -1.95. The summed E-state index contributed by atoms with van der Waals surface area (Å²) in [5.41, 5.74) is 0. The molecule has 0 bridgehead atoms. The molecule has 0 saturated carbocycles. The molecule has 12 heavy (non-hydrogen) atoms. The molecule has 2 aromatic carbocycles. The Hall–Kier alpha value is -0.0538. The van der Waals surface area contributed by atoms with Crippen LogP contribution in [0.15, 0.2) is 46.9 Å². The minimum Gasteiger partial charge on any atom is -0.0616 e. The maximum absolute atomic E-state index is 3.43. The molecule has 0 amide bonds. The van der Waals surface area contributed by atoms with Crippen molar-refractivity contribution in [2.24, 2.45) is 0 Å². The third-order valence-electron chi connectivity index (χ3n) is 1.71. The van der Waals surface area contributed by atoms with Crippen LogP contribution in [-0.4, -0.2) is 23.1 Å². The lowest BCUT2D eigenvalue weighted by Crippen LogP contribution is -1.69. The van der Waals surface area contributed by atoms with E-state index in [1.807, 2.05) is 0 Å². The largest absolute Gasteiger partial charge is 0.316 e. The van der Waals surface area contributed by atoms with Crippen LogP contribution in [0.4, 0.5) is 0 Å². The van der Waals surface area contributed by atoms with E-state index in [0.29, 0.717) is 0 Å². The number of hydrogen-bond donors (Lipinski definition) is 0. The fraction of sp³-hybridized carbons (Fsp3) is 0. The van der Waals surface area contributed by atoms with Gasteiger partial charge in [0.05, 0.1) is 0 Å². The van der Waals surface area contributed by atoms with Gasteiger partial charge in [0.15, 0.2) is 0 Å². The van der Waals surface area contributed by atoms with Crippen LogP contribution in [0.3, 0.4) is 0 Å². The van der Waals surface area contributed by atoms with Gasteiger partial charge in [-0.1, -0.05) is 46.3 Å². The van der Waals surface area contributed by atoms with Crippen molar-refractivity contribution in [2.45, 2.75) is 0 Å². The zero-order chi connectivity index (χ0) is 7.68. The lowest BCUT2D eigenvalue weighted by molar-refractivity contribution is 1.70. The zero-order valence-corrected chi connectivity index (χ0v) is 7.51. The van der Waals surface area contributed by atoms with Crippen LogP contribution in [0, 0.1) is 0 Å². The van der Waals surface area contributed by atoms with Gasteiger partial charge in [0, 0.05) is 4.47 Å². The second kappa shape index (κ2) is 4.26. The molecular weight excluding hydrogens is 224 g/mol. The molecular formula is C10H9BrMg. The normalized spacial score (nSPS) is 9.42. The van der Waals surface area contributed by atoms with E-state index in [0.717, 1.165) is 4.47 Å². The van der Waals surface area contributed by atoms with Crippen molar-refractivity contribution < 1.29 is 0 Å². The molecule has 58 valence electrons. The van der Waals surface area contributed by atoms with Crippen molar-refractivity contribution in [3.05, 3.63) is 46.9 Å². The van der Waals surface area contributed by atoms with Gasteiger partial charge < -0.3 is 0 Å². The van der Waals surface area contributed by atoms with Crippen LogP contribution in [0.2, 0.25) is 0 Å². The lowest BCUT2D eigenvalue weighted by atomic mass is 10.1. The zero-order valence-electron chi connectivity index (χ0n) is 5.92. The molecule has 0 aliphatic carbocycles. The Labute approximate surface area is 96.3 Å². The highest BCUT2D eigenvalue weighted by Gasteiger charge is 1.90. The van der Waals surface area contributed by atoms with Crippen LogP contribution in [-0.2, 0) is 0 Å². The van der Waals surface area contributed by atoms with Crippen LogP contribution in [0.1, 0.15) is 0 Å². The Kier molecular flexibility index (Phi) is 3.56. The molecule has 0 atom stereocenters. The summed E-state index contributed by atoms with van der Waals surface area (Å²) >= 11 is 3.43. The maximum atomic E-state index is 3.43. The first kappa shape index (κ1) is 10.0. The summed E-state index contributed by atoms with van der Waals surface area (Å²) in [7, 11) is 0. The van der Waals surface area contributed by atoms with Crippen molar-refractivity contribution in [1.29, 1.82) is 0 Å². The second-order valence-corrected chi connectivity index (χ2v) is 3.41. The number of hydrogen-bond acceptors (Lipinski definition) is 0. The van der Waals surface area contributed by atoms with Gasteiger partial charge in [-0.25, -0.2) is 0 Å². The molecule has 0 radical (unpaired) electrons. The Morgan fingerprint density at radius 2 is 1.50 bits per heavy atom. The van der Waals surface area contributed by atoms with Gasteiger partial charge in [-0.15, -0.1) is 0 Å². The Morgan fingerprint density at radius 3 is 2.25 bits per heavy atom. The van der Waals surface area contributed by atoms with E-state index < -0.39 is 0 Å². The Balaban J connectivity index is 0.000000720. The van der Waals surface area contributed by atoms with Gasteiger partial charge in [-0.3, -0.25) is 0 Å². The molecule has 0 unspecified atom stereocenters. The third kappa shape index (κ3) is 2.00. The van der Waals surface area contributed by atoms with Crippen molar-refractivity contribution in [3.8, 4) is 0 Å². The van der Waals surface area contributed by atoms with E-state index in [1.54, 1.807) is 0 Å². The first-order chi connectivity index (χ1) is 5.36. The van der Waals surface area contributed by atoms with Crippen LogP contribution >= 0.6 is 15.9 Å². The molecule has 0 aliphatic rings. The fourth-order valence-electron chi connectivity index (χ4n) is 1.16. The molecule has 2 heteroatoms. The smallest absolute Gasteiger partial charge is 0.0616 e. The van der Waals surface area contributed by atoms with Gasteiger partial charge >= 0.3 is 23.1 Å². The van der Waals surface area contributed by atoms with Crippen LogP contribution < -0.4 is 0 Å². The van der Waals surface area contributed by atoms with Gasteiger partial charge in [0.25, 0.3) is 0 Å². The van der Waals surface area contributed by atoms with E-state index >= 15 is 0 Å². The van der Waals surface area contributed by atoms with E-state index in [9.17, 15) is 0 Å². The monoisotopic (exact) mass is 232 g/mol. The Morgan fingerprint density at radius 1 is 0.833 bits per heavy atom. The quantitative estimate of drug-likeness (QED) is 0.614. The van der Waals surface area contributed by atoms with Gasteiger partial charge in [0.1, 0.15) is 0 Å². The Bertz CT molecular complexity index is 384. The molecule has 2 aromatic rings. The first-order valence-electron chi connectivity index (χ1n) is 3.50. The summed E-state index contributed by atoms with van der Waals surface area (Å²) in [4.78, 5) is 0. The molecule has 0 nitrogen and oxygen atoms in total. The van der Waals surface area contributed by atoms with Gasteiger partial charge in [-0.05, 0) is 22.9 Å².